The Balaban J connectivity index is 2.19. The molecule has 0 aromatic rings. The van der Waals surface area contributed by atoms with Crippen molar-refractivity contribution in [1.82, 2.24) is 10.2 Å². The van der Waals surface area contributed by atoms with E-state index < -0.39 is 0 Å². The molecule has 1 rings (SSSR count). The van der Waals surface area contributed by atoms with E-state index >= 15 is 0 Å². The quantitative estimate of drug-likeness (QED) is 0.775. The van der Waals surface area contributed by atoms with Crippen molar-refractivity contribution in [2.45, 2.75) is 65.0 Å². The summed E-state index contributed by atoms with van der Waals surface area (Å²) in [5.74, 6) is 0.838. The Labute approximate surface area is 102 Å². The standard InChI is InChI=1S/C14H30N2/c1-12(2)7-8-13(3)15-14-6-5-10-16(4)11-9-14/h12-15H,5-11H2,1-4H3. The van der Waals surface area contributed by atoms with Crippen LogP contribution >= 0.6 is 0 Å². The lowest BCUT2D eigenvalue weighted by Gasteiger charge is -2.22. The lowest BCUT2D eigenvalue weighted by molar-refractivity contribution is 0.335. The second-order valence-electron chi connectivity index (χ2n) is 5.97. The van der Waals surface area contributed by atoms with E-state index in [2.05, 4.69) is 38.0 Å². The highest BCUT2D eigenvalue weighted by Crippen LogP contribution is 2.12. The third kappa shape index (κ3) is 5.86. The van der Waals surface area contributed by atoms with Crippen molar-refractivity contribution in [3.8, 4) is 0 Å². The molecule has 0 bridgehead atoms. The minimum Gasteiger partial charge on any atom is -0.311 e. The van der Waals surface area contributed by atoms with Crippen molar-refractivity contribution >= 4 is 0 Å². The topological polar surface area (TPSA) is 15.3 Å². The minimum atomic E-state index is 0.691. The average molecular weight is 226 g/mol. The average Bonchev–Trinajstić information content (AvgIpc) is 2.41. The lowest BCUT2D eigenvalue weighted by atomic mass is 10.0. The largest absolute Gasteiger partial charge is 0.311 e. The maximum absolute atomic E-state index is 3.81. The minimum absolute atomic E-state index is 0.691. The fraction of sp³-hybridized carbons (Fsp3) is 1.00. The van der Waals surface area contributed by atoms with Crippen molar-refractivity contribution in [1.29, 1.82) is 0 Å². The van der Waals surface area contributed by atoms with Crippen LogP contribution in [-0.2, 0) is 0 Å². The van der Waals surface area contributed by atoms with Crippen LogP contribution in [-0.4, -0.2) is 37.1 Å². The van der Waals surface area contributed by atoms with Gasteiger partial charge < -0.3 is 10.2 Å². The van der Waals surface area contributed by atoms with Gasteiger partial charge in [-0.1, -0.05) is 13.8 Å². The van der Waals surface area contributed by atoms with Gasteiger partial charge in [-0.3, -0.25) is 0 Å². The van der Waals surface area contributed by atoms with E-state index in [9.17, 15) is 0 Å². The molecule has 0 aromatic heterocycles. The molecule has 1 saturated heterocycles. The zero-order chi connectivity index (χ0) is 12.0. The van der Waals surface area contributed by atoms with Crippen LogP contribution in [0.1, 0.15) is 52.9 Å². The van der Waals surface area contributed by atoms with Crippen LogP contribution in [0.25, 0.3) is 0 Å². The first kappa shape index (κ1) is 14.0. The molecule has 2 nitrogen and oxygen atoms in total. The molecule has 1 N–H and O–H groups in total. The highest BCUT2D eigenvalue weighted by atomic mass is 15.1. The van der Waals surface area contributed by atoms with Crippen molar-refractivity contribution in [3.05, 3.63) is 0 Å². The molecule has 0 spiro atoms. The maximum Gasteiger partial charge on any atom is 0.00821 e. The summed E-state index contributed by atoms with van der Waals surface area (Å²) in [6, 6.07) is 1.45. The summed E-state index contributed by atoms with van der Waals surface area (Å²) in [4.78, 5) is 2.46. The Morgan fingerprint density at radius 3 is 2.56 bits per heavy atom. The number of nitrogens with zero attached hydrogens (tertiary/aromatic N) is 1. The fourth-order valence-electron chi connectivity index (χ4n) is 2.48. The van der Waals surface area contributed by atoms with Gasteiger partial charge in [0, 0.05) is 12.1 Å². The molecule has 0 saturated carbocycles. The third-order valence-corrected chi connectivity index (χ3v) is 3.65. The van der Waals surface area contributed by atoms with E-state index in [4.69, 9.17) is 0 Å². The second-order valence-corrected chi connectivity index (χ2v) is 5.97. The summed E-state index contributed by atoms with van der Waals surface area (Å²) in [6.07, 6.45) is 6.70. The monoisotopic (exact) mass is 226 g/mol. The van der Waals surface area contributed by atoms with Crippen LogP contribution in [0.5, 0.6) is 0 Å². The second kappa shape index (κ2) is 7.29. The fourth-order valence-corrected chi connectivity index (χ4v) is 2.48. The van der Waals surface area contributed by atoms with Crippen molar-refractivity contribution < 1.29 is 0 Å². The predicted molar refractivity (Wildman–Crippen MR) is 71.8 cm³/mol. The predicted octanol–water partition coefficient (Wildman–Crippen LogP) is 2.89. The van der Waals surface area contributed by atoms with Gasteiger partial charge in [-0.05, 0) is 65.1 Å². The molecule has 0 amide bonds. The smallest absolute Gasteiger partial charge is 0.00821 e. The number of rotatable bonds is 5. The number of hydrogen-bond donors (Lipinski definition) is 1. The normalized spacial score (nSPS) is 25.7. The molecule has 2 heteroatoms. The van der Waals surface area contributed by atoms with Gasteiger partial charge in [-0.2, -0.15) is 0 Å². The first-order valence-corrected chi connectivity index (χ1v) is 7.02. The summed E-state index contributed by atoms with van der Waals surface area (Å²) in [5.41, 5.74) is 0. The van der Waals surface area contributed by atoms with Crippen LogP contribution in [0, 0.1) is 5.92 Å². The van der Waals surface area contributed by atoms with Crippen LogP contribution in [0.3, 0.4) is 0 Å². The molecule has 1 aliphatic rings. The van der Waals surface area contributed by atoms with Crippen LogP contribution in [0.4, 0.5) is 0 Å². The lowest BCUT2D eigenvalue weighted by Crippen LogP contribution is -2.37. The van der Waals surface area contributed by atoms with Gasteiger partial charge in [-0.25, -0.2) is 0 Å². The molecular weight excluding hydrogens is 196 g/mol. The van der Waals surface area contributed by atoms with Crippen molar-refractivity contribution in [2.75, 3.05) is 20.1 Å². The van der Waals surface area contributed by atoms with Gasteiger partial charge in [0.2, 0.25) is 0 Å². The highest BCUT2D eigenvalue weighted by Gasteiger charge is 2.16. The molecule has 96 valence electrons. The van der Waals surface area contributed by atoms with E-state index in [0.29, 0.717) is 6.04 Å². The zero-order valence-corrected chi connectivity index (χ0v) is 11.6. The Bertz CT molecular complexity index is 180. The third-order valence-electron chi connectivity index (χ3n) is 3.65. The molecule has 2 unspecified atom stereocenters. The van der Waals surface area contributed by atoms with Crippen LogP contribution in [0.2, 0.25) is 0 Å². The van der Waals surface area contributed by atoms with E-state index in [1.54, 1.807) is 0 Å². The number of nitrogens with one attached hydrogen (secondary N) is 1. The highest BCUT2D eigenvalue weighted by molar-refractivity contribution is 4.76. The Kier molecular flexibility index (Phi) is 6.37. The van der Waals surface area contributed by atoms with Gasteiger partial charge in [-0.15, -0.1) is 0 Å². The summed E-state index contributed by atoms with van der Waals surface area (Å²) < 4.78 is 0. The summed E-state index contributed by atoms with van der Waals surface area (Å²) >= 11 is 0. The molecule has 1 fully saturated rings. The molecule has 0 aromatic carbocycles. The number of likely N-dealkylation sites (tertiary alicyclic amines) is 1. The number of hydrogen-bond acceptors (Lipinski definition) is 2. The van der Waals surface area contributed by atoms with E-state index in [1.807, 2.05) is 0 Å². The molecule has 0 aliphatic carbocycles. The summed E-state index contributed by atoms with van der Waals surface area (Å²) in [6.45, 7) is 9.50. The van der Waals surface area contributed by atoms with Gasteiger partial charge >= 0.3 is 0 Å². The molecule has 0 radical (unpaired) electrons. The Morgan fingerprint density at radius 1 is 1.12 bits per heavy atom. The van der Waals surface area contributed by atoms with E-state index in [1.165, 1.54) is 45.2 Å². The zero-order valence-electron chi connectivity index (χ0n) is 11.6. The van der Waals surface area contributed by atoms with Gasteiger partial charge in [0.15, 0.2) is 0 Å². The SMILES string of the molecule is CC(C)CCC(C)NC1CCCN(C)CC1. The molecule has 16 heavy (non-hydrogen) atoms. The first-order chi connectivity index (χ1) is 7.58. The maximum atomic E-state index is 3.81. The van der Waals surface area contributed by atoms with Gasteiger partial charge in [0.25, 0.3) is 0 Å². The van der Waals surface area contributed by atoms with Gasteiger partial charge in [0.05, 0.1) is 0 Å². The Hall–Kier alpha value is -0.0800. The van der Waals surface area contributed by atoms with E-state index in [-0.39, 0.29) is 0 Å². The molecule has 1 aliphatic heterocycles. The molecular formula is C14H30N2. The van der Waals surface area contributed by atoms with Crippen molar-refractivity contribution in [2.24, 2.45) is 5.92 Å². The van der Waals surface area contributed by atoms with Crippen LogP contribution in [0.15, 0.2) is 0 Å². The van der Waals surface area contributed by atoms with Crippen molar-refractivity contribution in [3.63, 3.8) is 0 Å². The Morgan fingerprint density at radius 2 is 1.88 bits per heavy atom. The molecule has 1 heterocycles. The van der Waals surface area contributed by atoms with Crippen LogP contribution < -0.4 is 5.32 Å². The first-order valence-electron chi connectivity index (χ1n) is 7.02. The van der Waals surface area contributed by atoms with E-state index in [0.717, 1.165) is 12.0 Å². The summed E-state index contributed by atoms with van der Waals surface area (Å²) in [5, 5.41) is 3.81. The van der Waals surface area contributed by atoms with Gasteiger partial charge in [0.1, 0.15) is 0 Å². The summed E-state index contributed by atoms with van der Waals surface area (Å²) in [7, 11) is 2.24. The molecule has 2 atom stereocenters.